The molecule has 0 radical (unpaired) electrons. The molecular weight excluding hydrogens is 190 g/mol. The Morgan fingerprint density at radius 1 is 1.53 bits per heavy atom. The molecule has 2 aliphatic heterocycles. The minimum Gasteiger partial charge on any atom is -0.329 e. The molecule has 0 aliphatic carbocycles. The number of nitrogens with zero attached hydrogens (tertiary/aromatic N) is 1. The molecule has 0 saturated carbocycles. The van der Waals surface area contributed by atoms with Gasteiger partial charge in [-0.15, -0.1) is 0 Å². The van der Waals surface area contributed by atoms with Crippen molar-refractivity contribution in [2.75, 3.05) is 26.2 Å². The lowest BCUT2D eigenvalue weighted by atomic mass is 9.91. The van der Waals surface area contributed by atoms with Crippen molar-refractivity contribution >= 4 is 6.03 Å². The van der Waals surface area contributed by atoms with Crippen LogP contribution in [0.2, 0.25) is 0 Å². The van der Waals surface area contributed by atoms with Crippen molar-refractivity contribution in [2.24, 2.45) is 5.92 Å². The van der Waals surface area contributed by atoms with Crippen molar-refractivity contribution < 1.29 is 4.79 Å². The quantitative estimate of drug-likeness (QED) is 0.709. The standard InChI is InChI=1S/C11H21N3O/c1-9(2)6-14-8-11(13-10(14)15)4-3-5-12-7-11/h9,12H,3-8H2,1-2H3,(H,13,15). The van der Waals surface area contributed by atoms with E-state index >= 15 is 0 Å². The Labute approximate surface area is 91.4 Å². The summed E-state index contributed by atoms with van der Waals surface area (Å²) >= 11 is 0. The van der Waals surface area contributed by atoms with Crippen LogP contribution in [-0.2, 0) is 0 Å². The molecule has 2 fully saturated rings. The first-order valence-electron chi connectivity index (χ1n) is 5.89. The summed E-state index contributed by atoms with van der Waals surface area (Å²) in [6, 6.07) is 0.118. The molecule has 2 rings (SSSR count). The summed E-state index contributed by atoms with van der Waals surface area (Å²) in [7, 11) is 0. The summed E-state index contributed by atoms with van der Waals surface area (Å²) in [6.07, 6.45) is 2.27. The van der Waals surface area contributed by atoms with Crippen LogP contribution in [0.3, 0.4) is 0 Å². The van der Waals surface area contributed by atoms with Gasteiger partial charge >= 0.3 is 6.03 Å². The topological polar surface area (TPSA) is 44.4 Å². The van der Waals surface area contributed by atoms with Gasteiger partial charge in [0, 0.05) is 19.6 Å². The second-order valence-electron chi connectivity index (χ2n) is 5.27. The number of hydrogen-bond donors (Lipinski definition) is 2. The van der Waals surface area contributed by atoms with E-state index in [0.717, 1.165) is 39.0 Å². The first-order chi connectivity index (χ1) is 7.11. The van der Waals surface area contributed by atoms with Gasteiger partial charge in [-0.05, 0) is 25.3 Å². The van der Waals surface area contributed by atoms with Crippen LogP contribution in [0.4, 0.5) is 4.79 Å². The third-order valence-corrected chi connectivity index (χ3v) is 3.21. The molecule has 2 heterocycles. The Bertz CT molecular complexity index is 246. The number of carbonyl (C=O) groups excluding carboxylic acids is 1. The molecule has 1 atom stereocenters. The van der Waals surface area contributed by atoms with Crippen molar-refractivity contribution in [3.8, 4) is 0 Å². The first-order valence-corrected chi connectivity index (χ1v) is 5.89. The highest BCUT2D eigenvalue weighted by molar-refractivity contribution is 5.78. The van der Waals surface area contributed by atoms with Crippen LogP contribution in [0.1, 0.15) is 26.7 Å². The highest BCUT2D eigenvalue weighted by Crippen LogP contribution is 2.23. The summed E-state index contributed by atoms with van der Waals surface area (Å²) in [6.45, 7) is 8.05. The molecule has 1 spiro atoms. The van der Waals surface area contributed by atoms with Crippen LogP contribution in [-0.4, -0.2) is 42.6 Å². The fraction of sp³-hybridized carbons (Fsp3) is 0.909. The maximum atomic E-state index is 11.8. The van der Waals surface area contributed by atoms with Gasteiger partial charge in [0.05, 0.1) is 5.54 Å². The molecule has 2 N–H and O–H groups in total. The van der Waals surface area contributed by atoms with E-state index in [2.05, 4.69) is 24.5 Å². The van der Waals surface area contributed by atoms with Crippen LogP contribution in [0.15, 0.2) is 0 Å². The second kappa shape index (κ2) is 4.00. The van der Waals surface area contributed by atoms with Crippen LogP contribution < -0.4 is 10.6 Å². The highest BCUT2D eigenvalue weighted by Gasteiger charge is 2.42. The van der Waals surface area contributed by atoms with Crippen LogP contribution in [0, 0.1) is 5.92 Å². The Kier molecular flexibility index (Phi) is 2.87. The lowest BCUT2D eigenvalue weighted by Crippen LogP contribution is -2.54. The average molecular weight is 211 g/mol. The van der Waals surface area contributed by atoms with E-state index < -0.39 is 0 Å². The van der Waals surface area contributed by atoms with Gasteiger partial charge in [-0.1, -0.05) is 13.8 Å². The Morgan fingerprint density at radius 2 is 2.33 bits per heavy atom. The van der Waals surface area contributed by atoms with Crippen molar-refractivity contribution in [3.05, 3.63) is 0 Å². The van der Waals surface area contributed by atoms with Gasteiger partial charge in [0.25, 0.3) is 0 Å². The Hall–Kier alpha value is -0.770. The van der Waals surface area contributed by atoms with E-state index in [1.807, 2.05) is 4.90 Å². The number of hydrogen-bond acceptors (Lipinski definition) is 2. The van der Waals surface area contributed by atoms with E-state index in [-0.39, 0.29) is 11.6 Å². The predicted octanol–water partition coefficient (Wildman–Crippen LogP) is 0.790. The maximum Gasteiger partial charge on any atom is 0.318 e. The van der Waals surface area contributed by atoms with Crippen molar-refractivity contribution in [2.45, 2.75) is 32.2 Å². The van der Waals surface area contributed by atoms with Gasteiger partial charge in [-0.3, -0.25) is 0 Å². The molecule has 2 saturated heterocycles. The zero-order chi connectivity index (χ0) is 10.9. The summed E-state index contributed by atoms with van der Waals surface area (Å²) in [4.78, 5) is 13.7. The fourth-order valence-corrected chi connectivity index (χ4v) is 2.58. The molecule has 15 heavy (non-hydrogen) atoms. The third-order valence-electron chi connectivity index (χ3n) is 3.21. The molecule has 0 aromatic rings. The van der Waals surface area contributed by atoms with Crippen molar-refractivity contribution in [1.29, 1.82) is 0 Å². The average Bonchev–Trinajstić information content (AvgIpc) is 2.43. The molecule has 0 bridgehead atoms. The van der Waals surface area contributed by atoms with Gasteiger partial charge in [0.2, 0.25) is 0 Å². The van der Waals surface area contributed by atoms with Gasteiger partial charge in [-0.25, -0.2) is 4.79 Å². The zero-order valence-electron chi connectivity index (χ0n) is 9.68. The highest BCUT2D eigenvalue weighted by atomic mass is 16.2. The molecule has 4 heteroatoms. The predicted molar refractivity (Wildman–Crippen MR) is 59.8 cm³/mol. The largest absolute Gasteiger partial charge is 0.329 e. The van der Waals surface area contributed by atoms with E-state index in [4.69, 9.17) is 0 Å². The molecule has 0 aromatic heterocycles. The molecule has 86 valence electrons. The normalized spacial score (nSPS) is 31.4. The van der Waals surface area contributed by atoms with E-state index in [9.17, 15) is 4.79 Å². The first kappa shape index (κ1) is 10.7. The van der Waals surface area contributed by atoms with Gasteiger partial charge < -0.3 is 15.5 Å². The number of amides is 2. The zero-order valence-corrected chi connectivity index (χ0v) is 9.68. The van der Waals surface area contributed by atoms with Crippen LogP contribution in [0.25, 0.3) is 0 Å². The third kappa shape index (κ3) is 2.25. The number of urea groups is 1. The summed E-state index contributed by atoms with van der Waals surface area (Å²) in [5, 5.41) is 6.52. The maximum absolute atomic E-state index is 11.8. The smallest absolute Gasteiger partial charge is 0.318 e. The van der Waals surface area contributed by atoms with Crippen molar-refractivity contribution in [3.63, 3.8) is 0 Å². The molecule has 2 amide bonds. The lowest BCUT2D eigenvalue weighted by molar-refractivity contribution is 0.211. The number of carbonyl (C=O) groups is 1. The van der Waals surface area contributed by atoms with E-state index in [1.54, 1.807) is 0 Å². The SMILES string of the molecule is CC(C)CN1CC2(CCCNC2)NC1=O. The minimum absolute atomic E-state index is 0.0181. The monoisotopic (exact) mass is 211 g/mol. The molecule has 4 nitrogen and oxygen atoms in total. The van der Waals surface area contributed by atoms with Crippen LogP contribution >= 0.6 is 0 Å². The minimum atomic E-state index is 0.0181. The van der Waals surface area contributed by atoms with Gasteiger partial charge in [0.15, 0.2) is 0 Å². The number of rotatable bonds is 2. The second-order valence-corrected chi connectivity index (χ2v) is 5.27. The summed E-state index contributed by atoms with van der Waals surface area (Å²) in [5.74, 6) is 0.544. The Balaban J connectivity index is 1.98. The van der Waals surface area contributed by atoms with Crippen molar-refractivity contribution in [1.82, 2.24) is 15.5 Å². The fourth-order valence-electron chi connectivity index (χ4n) is 2.58. The summed E-state index contributed by atoms with van der Waals surface area (Å²) < 4.78 is 0. The molecule has 0 aromatic carbocycles. The molecule has 1 unspecified atom stereocenters. The summed E-state index contributed by atoms with van der Waals surface area (Å²) in [5.41, 5.74) is 0.0181. The van der Waals surface area contributed by atoms with E-state index in [1.165, 1.54) is 0 Å². The lowest BCUT2D eigenvalue weighted by Gasteiger charge is -2.33. The molecule has 2 aliphatic rings. The van der Waals surface area contributed by atoms with Gasteiger partial charge in [0.1, 0.15) is 0 Å². The van der Waals surface area contributed by atoms with Gasteiger partial charge in [-0.2, -0.15) is 0 Å². The number of nitrogens with one attached hydrogen (secondary N) is 2. The molecular formula is C11H21N3O. The Morgan fingerprint density at radius 3 is 2.93 bits per heavy atom. The van der Waals surface area contributed by atoms with Crippen LogP contribution in [0.5, 0.6) is 0 Å². The number of piperidine rings is 1. The van der Waals surface area contributed by atoms with E-state index in [0.29, 0.717) is 5.92 Å².